The Morgan fingerprint density at radius 3 is 2.58 bits per heavy atom. The Balaban J connectivity index is 1.83. The van der Waals surface area contributed by atoms with Crippen molar-refractivity contribution >= 4 is 11.6 Å². The minimum absolute atomic E-state index is 0.287. The lowest BCUT2D eigenvalue weighted by atomic mass is 10.2. The molecule has 1 N–H and O–H groups in total. The van der Waals surface area contributed by atoms with Crippen molar-refractivity contribution in [3.05, 3.63) is 34.9 Å². The predicted molar refractivity (Wildman–Crippen MR) is 79.2 cm³/mol. The van der Waals surface area contributed by atoms with Crippen LogP contribution >= 0.6 is 11.6 Å². The molecule has 2 rings (SSSR count). The molecule has 0 aromatic heterocycles. The van der Waals surface area contributed by atoms with Gasteiger partial charge in [0.25, 0.3) is 0 Å². The van der Waals surface area contributed by atoms with Crippen molar-refractivity contribution in [1.82, 2.24) is 4.90 Å². The van der Waals surface area contributed by atoms with Crippen LogP contribution in [0.4, 0.5) is 0 Å². The molecule has 0 atom stereocenters. The quantitative estimate of drug-likeness (QED) is 0.638. The lowest BCUT2D eigenvalue weighted by molar-refractivity contribution is 0.251. The van der Waals surface area contributed by atoms with Crippen LogP contribution in [0.3, 0.4) is 0 Å². The molecule has 0 bridgehead atoms. The van der Waals surface area contributed by atoms with E-state index in [1.165, 1.54) is 12.8 Å². The number of halogens is 1. The van der Waals surface area contributed by atoms with Gasteiger partial charge in [0.2, 0.25) is 0 Å². The summed E-state index contributed by atoms with van der Waals surface area (Å²) in [4.78, 5) is 2.43. The summed E-state index contributed by atoms with van der Waals surface area (Å²) < 4.78 is 0. The highest BCUT2D eigenvalue weighted by molar-refractivity contribution is 6.30. The fourth-order valence-corrected chi connectivity index (χ4v) is 2.16. The van der Waals surface area contributed by atoms with E-state index in [1.807, 2.05) is 24.3 Å². The van der Waals surface area contributed by atoms with Crippen molar-refractivity contribution < 1.29 is 5.11 Å². The Kier molecular flexibility index (Phi) is 5.72. The second-order valence-electron chi connectivity index (χ2n) is 4.94. The number of unbranched alkanes of at least 4 members (excludes halogenated alkanes) is 1. The molecule has 1 aromatic carbocycles. The van der Waals surface area contributed by atoms with E-state index >= 15 is 0 Å². The van der Waals surface area contributed by atoms with Crippen LogP contribution < -0.4 is 0 Å². The van der Waals surface area contributed by atoms with Crippen molar-refractivity contribution in [1.29, 1.82) is 0 Å². The van der Waals surface area contributed by atoms with Gasteiger partial charge in [0.05, 0.1) is 6.54 Å². The third kappa shape index (κ3) is 5.24. The molecule has 2 nitrogen and oxygen atoms in total. The standard InChI is InChI=1S/C16H20ClNO/c17-15-7-5-14(6-8-15)4-3-12-18(16-9-10-16)11-1-2-13-19/h5-8,16,19H,1-2,9-13H2. The van der Waals surface area contributed by atoms with Crippen LogP contribution in [0.2, 0.25) is 5.02 Å². The molecule has 1 saturated carbocycles. The smallest absolute Gasteiger partial charge is 0.0607 e. The van der Waals surface area contributed by atoms with Crippen molar-refractivity contribution in [3.8, 4) is 11.8 Å². The predicted octanol–water partition coefficient (Wildman–Crippen LogP) is 2.93. The Hall–Kier alpha value is -1.01. The number of rotatable bonds is 6. The van der Waals surface area contributed by atoms with E-state index in [0.29, 0.717) is 0 Å². The molecule has 0 aliphatic heterocycles. The van der Waals surface area contributed by atoms with Crippen LogP contribution in [0.1, 0.15) is 31.2 Å². The van der Waals surface area contributed by atoms with Gasteiger partial charge in [-0.1, -0.05) is 23.4 Å². The lowest BCUT2D eigenvalue weighted by Gasteiger charge is -2.18. The Labute approximate surface area is 120 Å². The van der Waals surface area contributed by atoms with Gasteiger partial charge in [-0.25, -0.2) is 0 Å². The summed E-state index contributed by atoms with van der Waals surface area (Å²) in [6.45, 7) is 2.15. The number of nitrogens with zero attached hydrogens (tertiary/aromatic N) is 1. The topological polar surface area (TPSA) is 23.5 Å². The molecule has 0 spiro atoms. The van der Waals surface area contributed by atoms with Gasteiger partial charge in [0.15, 0.2) is 0 Å². The SMILES string of the molecule is OCCCCN(CC#Cc1ccc(Cl)cc1)C1CC1. The molecule has 0 heterocycles. The highest BCUT2D eigenvalue weighted by Gasteiger charge is 2.27. The molecule has 1 aromatic rings. The number of hydrogen-bond acceptors (Lipinski definition) is 2. The van der Waals surface area contributed by atoms with E-state index in [-0.39, 0.29) is 6.61 Å². The third-order valence-electron chi connectivity index (χ3n) is 3.28. The molecule has 1 fully saturated rings. The average Bonchev–Trinajstić information content (AvgIpc) is 3.24. The average molecular weight is 278 g/mol. The first-order valence-electron chi connectivity index (χ1n) is 6.89. The molecule has 0 amide bonds. The summed E-state index contributed by atoms with van der Waals surface area (Å²) in [5.74, 6) is 6.42. The largest absolute Gasteiger partial charge is 0.396 e. The maximum atomic E-state index is 8.82. The number of benzene rings is 1. The molecular formula is C16H20ClNO. The Morgan fingerprint density at radius 2 is 1.95 bits per heavy atom. The molecule has 1 aliphatic rings. The second-order valence-corrected chi connectivity index (χ2v) is 5.38. The van der Waals surface area contributed by atoms with Crippen molar-refractivity contribution in [2.75, 3.05) is 19.7 Å². The molecule has 0 radical (unpaired) electrons. The molecule has 0 saturated heterocycles. The first-order chi connectivity index (χ1) is 9.29. The summed E-state index contributed by atoms with van der Waals surface area (Å²) in [5.41, 5.74) is 1.01. The normalized spacial score (nSPS) is 14.3. The summed E-state index contributed by atoms with van der Waals surface area (Å²) in [6, 6.07) is 8.35. The molecule has 19 heavy (non-hydrogen) atoms. The van der Waals surface area contributed by atoms with Gasteiger partial charge in [-0.2, -0.15) is 0 Å². The van der Waals surface area contributed by atoms with E-state index in [9.17, 15) is 0 Å². The van der Waals surface area contributed by atoms with Crippen LogP contribution in [0.5, 0.6) is 0 Å². The van der Waals surface area contributed by atoms with Gasteiger partial charge in [0, 0.05) is 23.2 Å². The molecular weight excluding hydrogens is 258 g/mol. The molecule has 102 valence electrons. The van der Waals surface area contributed by atoms with E-state index in [4.69, 9.17) is 16.7 Å². The van der Waals surface area contributed by atoms with Gasteiger partial charge < -0.3 is 5.11 Å². The van der Waals surface area contributed by atoms with E-state index in [1.54, 1.807) is 0 Å². The van der Waals surface area contributed by atoms with Crippen molar-refractivity contribution in [3.63, 3.8) is 0 Å². The first kappa shape index (κ1) is 14.4. The minimum Gasteiger partial charge on any atom is -0.396 e. The zero-order chi connectivity index (χ0) is 13.5. The van der Waals surface area contributed by atoms with Crippen molar-refractivity contribution in [2.45, 2.75) is 31.7 Å². The lowest BCUT2D eigenvalue weighted by Crippen LogP contribution is -2.27. The van der Waals surface area contributed by atoms with Crippen LogP contribution in [-0.2, 0) is 0 Å². The number of hydrogen-bond donors (Lipinski definition) is 1. The third-order valence-corrected chi connectivity index (χ3v) is 3.53. The minimum atomic E-state index is 0.287. The zero-order valence-corrected chi connectivity index (χ0v) is 11.9. The van der Waals surface area contributed by atoms with Gasteiger partial charge >= 0.3 is 0 Å². The number of aliphatic hydroxyl groups excluding tert-OH is 1. The summed E-state index contributed by atoms with van der Waals surface area (Å²) >= 11 is 5.84. The summed E-state index contributed by atoms with van der Waals surface area (Å²) in [6.07, 6.45) is 4.52. The van der Waals surface area contributed by atoms with Crippen LogP contribution in [0, 0.1) is 11.8 Å². The summed E-state index contributed by atoms with van der Waals surface area (Å²) in [5, 5.41) is 9.57. The number of aliphatic hydroxyl groups is 1. The Morgan fingerprint density at radius 1 is 1.21 bits per heavy atom. The highest BCUT2D eigenvalue weighted by atomic mass is 35.5. The zero-order valence-electron chi connectivity index (χ0n) is 11.1. The van der Waals surface area contributed by atoms with Crippen LogP contribution in [0.15, 0.2) is 24.3 Å². The first-order valence-corrected chi connectivity index (χ1v) is 7.27. The van der Waals surface area contributed by atoms with Crippen LogP contribution in [0.25, 0.3) is 0 Å². The Bertz CT molecular complexity index is 442. The molecule has 1 aliphatic carbocycles. The van der Waals surface area contributed by atoms with E-state index in [0.717, 1.165) is 42.6 Å². The summed E-state index contributed by atoms with van der Waals surface area (Å²) in [7, 11) is 0. The van der Waals surface area contributed by atoms with E-state index in [2.05, 4.69) is 16.7 Å². The van der Waals surface area contributed by atoms with Gasteiger partial charge in [0.1, 0.15) is 0 Å². The van der Waals surface area contributed by atoms with Gasteiger partial charge in [-0.3, -0.25) is 4.90 Å². The monoisotopic (exact) mass is 277 g/mol. The molecule has 0 unspecified atom stereocenters. The van der Waals surface area contributed by atoms with Gasteiger partial charge in [-0.05, 0) is 56.5 Å². The van der Waals surface area contributed by atoms with Crippen molar-refractivity contribution in [2.24, 2.45) is 0 Å². The maximum absolute atomic E-state index is 8.82. The fourth-order valence-electron chi connectivity index (χ4n) is 2.03. The van der Waals surface area contributed by atoms with Gasteiger partial charge in [-0.15, -0.1) is 0 Å². The highest BCUT2D eigenvalue weighted by Crippen LogP contribution is 2.26. The maximum Gasteiger partial charge on any atom is 0.0607 e. The second kappa shape index (κ2) is 7.55. The van der Waals surface area contributed by atoms with Crippen LogP contribution in [-0.4, -0.2) is 35.7 Å². The fraction of sp³-hybridized carbons (Fsp3) is 0.500. The van der Waals surface area contributed by atoms with E-state index < -0.39 is 0 Å². The molecule has 3 heteroatoms.